The second-order valence-electron chi connectivity index (χ2n) is 7.93. The third-order valence-electron chi connectivity index (χ3n) is 6.02. The van der Waals surface area contributed by atoms with Crippen LogP contribution in [-0.4, -0.2) is 122 Å². The van der Waals surface area contributed by atoms with Gasteiger partial charge < -0.3 is 48.8 Å². The fourth-order valence-electron chi connectivity index (χ4n) is 4.14. The molecule has 4 unspecified atom stereocenters. The summed E-state index contributed by atoms with van der Waals surface area (Å²) in [7, 11) is 3.75. The van der Waals surface area contributed by atoms with E-state index in [1.54, 1.807) is 6.92 Å². The van der Waals surface area contributed by atoms with Crippen LogP contribution in [0.3, 0.4) is 0 Å². The largest absolute Gasteiger partial charge is 0.467 e. The minimum Gasteiger partial charge on any atom is -0.467 e. The standard InChI is InChI=1S/C20H34O12/c1-5-9-13(21)16(24)12(32-17(9)19(25)28-3)8-30-6-10-14(22)15(23)11(7-27-2)31-18(10)20(26)29-4/h9-18,21-24H,5-8H2,1-4H3/t9-,10+,11-,12+,13+,14+,15?,16?,17?,18?/m1/s1. The number of rotatable bonds is 9. The molecule has 0 aliphatic carbocycles. The van der Waals surface area contributed by atoms with Crippen molar-refractivity contribution in [3.05, 3.63) is 0 Å². The van der Waals surface area contributed by atoms with Crippen LogP contribution in [0.5, 0.6) is 0 Å². The maximum Gasteiger partial charge on any atom is 0.335 e. The van der Waals surface area contributed by atoms with Crippen LogP contribution in [0, 0.1) is 11.8 Å². The maximum atomic E-state index is 12.2. The molecule has 12 heteroatoms. The van der Waals surface area contributed by atoms with Gasteiger partial charge in [-0.05, 0) is 6.42 Å². The van der Waals surface area contributed by atoms with Gasteiger partial charge in [0.2, 0.25) is 0 Å². The predicted molar refractivity (Wildman–Crippen MR) is 105 cm³/mol. The van der Waals surface area contributed by atoms with Crippen LogP contribution in [0.25, 0.3) is 0 Å². The Morgan fingerprint density at radius 2 is 1.19 bits per heavy atom. The highest BCUT2D eigenvalue weighted by Crippen LogP contribution is 2.31. The number of aliphatic hydroxyl groups excluding tert-OH is 4. The van der Waals surface area contributed by atoms with Crippen molar-refractivity contribution in [2.75, 3.05) is 41.2 Å². The highest BCUT2D eigenvalue weighted by Gasteiger charge is 2.49. The Kier molecular flexibility index (Phi) is 10.2. The summed E-state index contributed by atoms with van der Waals surface area (Å²) >= 11 is 0. The molecule has 32 heavy (non-hydrogen) atoms. The van der Waals surface area contributed by atoms with Crippen LogP contribution in [0.4, 0.5) is 0 Å². The smallest absolute Gasteiger partial charge is 0.335 e. The van der Waals surface area contributed by atoms with Gasteiger partial charge in [0.05, 0.1) is 46.2 Å². The van der Waals surface area contributed by atoms with E-state index in [9.17, 15) is 30.0 Å². The SMILES string of the molecule is CC[C@H]1C(C(=O)OC)O[C@@H](COC[C@@H]2C(C(=O)OC)O[C@H](COC)C(O)[C@H]2O)C(O)[C@H]1O. The summed E-state index contributed by atoms with van der Waals surface area (Å²) in [5.41, 5.74) is 0. The minimum atomic E-state index is -1.39. The molecule has 0 spiro atoms. The van der Waals surface area contributed by atoms with Gasteiger partial charge >= 0.3 is 11.9 Å². The van der Waals surface area contributed by atoms with Crippen molar-refractivity contribution in [2.24, 2.45) is 11.8 Å². The number of hydrogen-bond acceptors (Lipinski definition) is 12. The van der Waals surface area contributed by atoms with Crippen molar-refractivity contribution in [2.45, 2.75) is 62.2 Å². The van der Waals surface area contributed by atoms with E-state index in [4.69, 9.17) is 28.4 Å². The number of esters is 2. The van der Waals surface area contributed by atoms with Crippen molar-refractivity contribution in [1.82, 2.24) is 0 Å². The van der Waals surface area contributed by atoms with E-state index in [1.165, 1.54) is 14.2 Å². The average molecular weight is 466 g/mol. The fraction of sp³-hybridized carbons (Fsp3) is 0.900. The van der Waals surface area contributed by atoms with E-state index in [0.29, 0.717) is 6.42 Å². The first-order valence-corrected chi connectivity index (χ1v) is 10.5. The Morgan fingerprint density at radius 3 is 1.66 bits per heavy atom. The lowest BCUT2D eigenvalue weighted by Gasteiger charge is -2.43. The first-order valence-electron chi connectivity index (χ1n) is 10.5. The van der Waals surface area contributed by atoms with E-state index in [2.05, 4.69) is 0 Å². The molecule has 12 nitrogen and oxygen atoms in total. The number of ether oxygens (including phenoxy) is 6. The summed E-state index contributed by atoms with van der Waals surface area (Å²) in [5, 5.41) is 41.7. The zero-order valence-corrected chi connectivity index (χ0v) is 18.7. The maximum absolute atomic E-state index is 12.2. The molecule has 2 fully saturated rings. The fourth-order valence-corrected chi connectivity index (χ4v) is 4.14. The molecule has 0 aromatic carbocycles. The van der Waals surface area contributed by atoms with Gasteiger partial charge in [0.25, 0.3) is 0 Å². The normalized spacial score (nSPS) is 40.0. The Balaban J connectivity index is 2.06. The molecule has 0 aromatic rings. The molecule has 186 valence electrons. The summed E-state index contributed by atoms with van der Waals surface area (Å²) in [6.07, 6.45) is -9.25. The van der Waals surface area contributed by atoms with Crippen LogP contribution in [0.2, 0.25) is 0 Å². The lowest BCUT2D eigenvalue weighted by Crippen LogP contribution is -2.60. The highest BCUT2D eigenvalue weighted by atomic mass is 16.6. The van der Waals surface area contributed by atoms with E-state index in [1.807, 2.05) is 0 Å². The second-order valence-corrected chi connectivity index (χ2v) is 7.93. The Bertz CT molecular complexity index is 615. The molecule has 0 saturated carbocycles. The zero-order chi connectivity index (χ0) is 24.0. The summed E-state index contributed by atoms with van der Waals surface area (Å²) in [6.45, 7) is 1.17. The van der Waals surface area contributed by atoms with Crippen LogP contribution in [0.1, 0.15) is 13.3 Å². The van der Waals surface area contributed by atoms with Crippen LogP contribution in [0.15, 0.2) is 0 Å². The molecule has 4 N–H and O–H groups in total. The topological polar surface area (TPSA) is 170 Å². The van der Waals surface area contributed by atoms with Crippen molar-refractivity contribution in [1.29, 1.82) is 0 Å². The molecule has 2 aliphatic rings. The first-order chi connectivity index (χ1) is 15.2. The van der Waals surface area contributed by atoms with Gasteiger partial charge in [-0.25, -0.2) is 9.59 Å². The third kappa shape index (κ3) is 5.75. The first kappa shape index (κ1) is 26.9. The molecular weight excluding hydrogens is 432 g/mol. The minimum absolute atomic E-state index is 0.0488. The van der Waals surface area contributed by atoms with Gasteiger partial charge in [-0.15, -0.1) is 0 Å². The number of carbonyl (C=O) groups excluding carboxylic acids is 2. The van der Waals surface area contributed by atoms with Crippen LogP contribution >= 0.6 is 0 Å². The van der Waals surface area contributed by atoms with Gasteiger partial charge in [-0.3, -0.25) is 0 Å². The summed E-state index contributed by atoms with van der Waals surface area (Å²) in [5.74, 6) is -3.08. The number of methoxy groups -OCH3 is 3. The van der Waals surface area contributed by atoms with Gasteiger partial charge in [-0.2, -0.15) is 0 Å². The Hall–Kier alpha value is -1.38. The van der Waals surface area contributed by atoms with Crippen molar-refractivity contribution in [3.8, 4) is 0 Å². The third-order valence-corrected chi connectivity index (χ3v) is 6.02. The van der Waals surface area contributed by atoms with Crippen molar-refractivity contribution >= 4 is 11.9 Å². The molecule has 2 aliphatic heterocycles. The van der Waals surface area contributed by atoms with E-state index < -0.39 is 72.6 Å². The number of aliphatic hydroxyl groups is 4. The molecule has 10 atom stereocenters. The van der Waals surface area contributed by atoms with Gasteiger partial charge in [-0.1, -0.05) is 6.92 Å². The Morgan fingerprint density at radius 1 is 0.719 bits per heavy atom. The van der Waals surface area contributed by atoms with Gasteiger partial charge in [0, 0.05) is 18.9 Å². The predicted octanol–water partition coefficient (Wildman–Crippen LogP) is -2.38. The average Bonchev–Trinajstić information content (AvgIpc) is 2.79. The molecule has 2 saturated heterocycles. The lowest BCUT2D eigenvalue weighted by atomic mass is 9.84. The second kappa shape index (κ2) is 12.2. The van der Waals surface area contributed by atoms with E-state index in [0.717, 1.165) is 7.11 Å². The van der Waals surface area contributed by atoms with Crippen LogP contribution < -0.4 is 0 Å². The van der Waals surface area contributed by atoms with Crippen molar-refractivity contribution < 1.29 is 58.4 Å². The zero-order valence-electron chi connectivity index (χ0n) is 18.7. The monoisotopic (exact) mass is 466 g/mol. The molecule has 2 heterocycles. The summed E-state index contributed by atoms with van der Waals surface area (Å²) in [4.78, 5) is 24.2. The molecule has 0 amide bonds. The summed E-state index contributed by atoms with van der Waals surface area (Å²) in [6, 6.07) is 0. The van der Waals surface area contributed by atoms with Gasteiger partial charge in [0.15, 0.2) is 12.2 Å². The number of carbonyl (C=O) groups is 2. The number of hydrogen-bond donors (Lipinski definition) is 4. The molecule has 2 rings (SSSR count). The van der Waals surface area contributed by atoms with Crippen LogP contribution in [-0.2, 0) is 38.0 Å². The van der Waals surface area contributed by atoms with E-state index in [-0.39, 0.29) is 19.8 Å². The Labute approximate surface area is 186 Å². The quantitative estimate of drug-likeness (QED) is 0.266. The summed E-state index contributed by atoms with van der Waals surface area (Å²) < 4.78 is 31.2. The van der Waals surface area contributed by atoms with Gasteiger partial charge in [0.1, 0.15) is 24.4 Å². The lowest BCUT2D eigenvalue weighted by molar-refractivity contribution is -0.238. The molecule has 0 aromatic heterocycles. The highest BCUT2D eigenvalue weighted by molar-refractivity contribution is 5.75. The molecule has 0 radical (unpaired) electrons. The molecule has 0 bridgehead atoms. The van der Waals surface area contributed by atoms with E-state index >= 15 is 0 Å². The van der Waals surface area contributed by atoms with Crippen molar-refractivity contribution in [3.63, 3.8) is 0 Å². The molecular formula is C20H34O12.